The van der Waals surface area contributed by atoms with Crippen LogP contribution in [-0.2, 0) is 16.0 Å². The van der Waals surface area contributed by atoms with Gasteiger partial charge in [0.25, 0.3) is 0 Å². The molecule has 0 amide bonds. The smallest absolute Gasteiger partial charge is 0.231 e. The maximum absolute atomic E-state index is 5.76. The number of nitrogens with one attached hydrogen (secondary N) is 1. The summed E-state index contributed by atoms with van der Waals surface area (Å²) in [6.07, 6.45) is 4.19. The van der Waals surface area contributed by atoms with Gasteiger partial charge in [-0.25, -0.2) is 0 Å². The molecule has 2 aliphatic heterocycles. The van der Waals surface area contributed by atoms with Crippen molar-refractivity contribution < 1.29 is 18.9 Å². The molecule has 1 aliphatic carbocycles. The molecule has 5 heteroatoms. The third-order valence-electron chi connectivity index (χ3n) is 4.59. The third-order valence-corrected chi connectivity index (χ3v) is 4.59. The van der Waals surface area contributed by atoms with E-state index in [-0.39, 0.29) is 5.79 Å². The molecule has 0 aromatic heterocycles. The predicted octanol–water partition coefficient (Wildman–Crippen LogP) is 2.19. The topological polar surface area (TPSA) is 49.0 Å². The van der Waals surface area contributed by atoms with E-state index in [9.17, 15) is 0 Å². The van der Waals surface area contributed by atoms with Gasteiger partial charge in [-0.3, -0.25) is 0 Å². The third kappa shape index (κ3) is 2.73. The Kier molecular flexibility index (Phi) is 3.49. The summed E-state index contributed by atoms with van der Waals surface area (Å²) in [6, 6.07) is 6.67. The zero-order valence-electron chi connectivity index (χ0n) is 12.1. The van der Waals surface area contributed by atoms with Crippen molar-refractivity contribution in [2.45, 2.75) is 44.1 Å². The van der Waals surface area contributed by atoms with Crippen LogP contribution in [0.2, 0.25) is 0 Å². The maximum Gasteiger partial charge on any atom is 0.231 e. The van der Waals surface area contributed by atoms with Crippen LogP contribution in [-0.4, -0.2) is 31.8 Å². The van der Waals surface area contributed by atoms with E-state index < -0.39 is 0 Å². The molecule has 21 heavy (non-hydrogen) atoms. The lowest BCUT2D eigenvalue weighted by atomic mass is 9.90. The number of benzene rings is 1. The van der Waals surface area contributed by atoms with E-state index >= 15 is 0 Å². The maximum atomic E-state index is 5.76. The first kappa shape index (κ1) is 13.4. The fourth-order valence-electron chi connectivity index (χ4n) is 3.36. The molecule has 0 atom stereocenters. The van der Waals surface area contributed by atoms with Crippen LogP contribution < -0.4 is 14.8 Å². The summed E-state index contributed by atoms with van der Waals surface area (Å²) < 4.78 is 22.3. The van der Waals surface area contributed by atoms with E-state index in [0.29, 0.717) is 12.8 Å². The van der Waals surface area contributed by atoms with Gasteiger partial charge in [-0.1, -0.05) is 6.07 Å². The second-order valence-corrected chi connectivity index (χ2v) is 5.95. The Morgan fingerprint density at radius 2 is 1.81 bits per heavy atom. The highest BCUT2D eigenvalue weighted by molar-refractivity contribution is 5.44. The van der Waals surface area contributed by atoms with Crippen LogP contribution in [0.25, 0.3) is 0 Å². The molecule has 0 bridgehead atoms. The van der Waals surface area contributed by atoms with Gasteiger partial charge in [0.1, 0.15) is 0 Å². The van der Waals surface area contributed by atoms with Gasteiger partial charge in [0.2, 0.25) is 6.79 Å². The summed E-state index contributed by atoms with van der Waals surface area (Å²) in [7, 11) is 0. The van der Waals surface area contributed by atoms with E-state index in [0.717, 1.165) is 56.9 Å². The van der Waals surface area contributed by atoms with Crippen LogP contribution in [0.5, 0.6) is 11.5 Å². The van der Waals surface area contributed by atoms with Crippen LogP contribution in [0.4, 0.5) is 0 Å². The van der Waals surface area contributed by atoms with Crippen LogP contribution >= 0.6 is 0 Å². The number of rotatable bonds is 3. The van der Waals surface area contributed by atoms with Crippen LogP contribution in [0, 0.1) is 0 Å². The molecule has 5 nitrogen and oxygen atoms in total. The monoisotopic (exact) mass is 291 g/mol. The summed E-state index contributed by atoms with van der Waals surface area (Å²) in [5.74, 6) is 1.43. The van der Waals surface area contributed by atoms with Crippen LogP contribution in [0.15, 0.2) is 18.2 Å². The lowest BCUT2D eigenvalue weighted by Crippen LogP contribution is -2.41. The highest BCUT2D eigenvalue weighted by Crippen LogP contribution is 2.36. The average molecular weight is 291 g/mol. The fourth-order valence-corrected chi connectivity index (χ4v) is 3.36. The first-order chi connectivity index (χ1) is 10.3. The highest BCUT2D eigenvalue weighted by Gasteiger charge is 2.40. The van der Waals surface area contributed by atoms with E-state index in [1.165, 1.54) is 5.56 Å². The Bertz CT molecular complexity index is 503. The van der Waals surface area contributed by atoms with Gasteiger partial charge in [0, 0.05) is 25.4 Å². The molecule has 0 radical (unpaired) electrons. The number of ether oxygens (including phenoxy) is 4. The van der Waals surface area contributed by atoms with Gasteiger partial charge in [0.15, 0.2) is 17.3 Å². The molecule has 2 heterocycles. The van der Waals surface area contributed by atoms with Crippen molar-refractivity contribution in [3.05, 3.63) is 23.8 Å². The molecule has 1 aromatic carbocycles. The van der Waals surface area contributed by atoms with Crippen molar-refractivity contribution in [2.24, 2.45) is 0 Å². The molecule has 1 saturated heterocycles. The van der Waals surface area contributed by atoms with Crippen molar-refractivity contribution in [1.29, 1.82) is 0 Å². The van der Waals surface area contributed by atoms with Crippen molar-refractivity contribution in [1.82, 2.24) is 5.32 Å². The second-order valence-electron chi connectivity index (χ2n) is 5.95. The summed E-state index contributed by atoms with van der Waals surface area (Å²) in [4.78, 5) is 0. The summed E-state index contributed by atoms with van der Waals surface area (Å²) in [5.41, 5.74) is 1.23. The Morgan fingerprint density at radius 3 is 2.62 bits per heavy atom. The molecular formula is C16H21NO4. The van der Waals surface area contributed by atoms with Crippen molar-refractivity contribution >= 4 is 0 Å². The molecule has 3 aliphatic rings. The Balaban J connectivity index is 1.29. The summed E-state index contributed by atoms with van der Waals surface area (Å²) >= 11 is 0. The summed E-state index contributed by atoms with van der Waals surface area (Å²) in [5, 5.41) is 3.63. The van der Waals surface area contributed by atoms with Crippen molar-refractivity contribution in [3.8, 4) is 11.5 Å². The highest BCUT2D eigenvalue weighted by atomic mass is 16.7. The first-order valence-corrected chi connectivity index (χ1v) is 7.73. The largest absolute Gasteiger partial charge is 0.454 e. The molecule has 4 rings (SSSR count). The number of hydrogen-bond acceptors (Lipinski definition) is 5. The van der Waals surface area contributed by atoms with Crippen LogP contribution in [0.3, 0.4) is 0 Å². The quantitative estimate of drug-likeness (QED) is 0.925. The number of hydrogen-bond donors (Lipinski definition) is 1. The normalized spacial score (nSPS) is 23.8. The predicted molar refractivity (Wildman–Crippen MR) is 76.3 cm³/mol. The summed E-state index contributed by atoms with van der Waals surface area (Å²) in [6.45, 7) is 2.68. The van der Waals surface area contributed by atoms with Gasteiger partial charge < -0.3 is 24.3 Å². The molecule has 114 valence electrons. The van der Waals surface area contributed by atoms with E-state index in [2.05, 4.69) is 17.4 Å². The number of fused-ring (bicyclic) bond motifs is 1. The van der Waals surface area contributed by atoms with E-state index in [4.69, 9.17) is 18.9 Å². The van der Waals surface area contributed by atoms with E-state index in [1.54, 1.807) is 0 Å². The Morgan fingerprint density at radius 1 is 1.05 bits per heavy atom. The minimum absolute atomic E-state index is 0.267. The molecule has 1 spiro atoms. The fraction of sp³-hybridized carbons (Fsp3) is 0.625. The minimum atomic E-state index is -0.267. The molecule has 1 aromatic rings. The first-order valence-electron chi connectivity index (χ1n) is 7.73. The van der Waals surface area contributed by atoms with Gasteiger partial charge in [-0.15, -0.1) is 0 Å². The zero-order valence-corrected chi connectivity index (χ0v) is 12.1. The van der Waals surface area contributed by atoms with Crippen molar-refractivity contribution in [3.63, 3.8) is 0 Å². The molecule has 1 saturated carbocycles. The zero-order chi connectivity index (χ0) is 14.1. The SMILES string of the molecule is c1cc2c(cc1CNC1CCC3(CC1)OCCO3)OCO2. The second kappa shape index (κ2) is 5.48. The lowest BCUT2D eigenvalue weighted by Gasteiger charge is -2.35. The Hall–Kier alpha value is -1.30. The molecule has 0 unspecified atom stereocenters. The molecule has 2 fully saturated rings. The van der Waals surface area contributed by atoms with Crippen molar-refractivity contribution in [2.75, 3.05) is 20.0 Å². The molecular weight excluding hydrogens is 270 g/mol. The standard InChI is InChI=1S/C16H21NO4/c1-2-14-15(19-11-18-14)9-12(1)10-17-13-3-5-16(6-4-13)20-7-8-21-16/h1-2,9,13,17H,3-8,10-11H2. The van der Waals surface area contributed by atoms with Gasteiger partial charge in [0.05, 0.1) is 13.2 Å². The van der Waals surface area contributed by atoms with E-state index in [1.807, 2.05) is 6.07 Å². The van der Waals surface area contributed by atoms with Gasteiger partial charge in [-0.2, -0.15) is 0 Å². The van der Waals surface area contributed by atoms with Crippen LogP contribution in [0.1, 0.15) is 31.2 Å². The minimum Gasteiger partial charge on any atom is -0.454 e. The van der Waals surface area contributed by atoms with Gasteiger partial charge in [-0.05, 0) is 30.5 Å². The lowest BCUT2D eigenvalue weighted by molar-refractivity contribution is -0.179. The average Bonchev–Trinajstić information content (AvgIpc) is 3.16. The Labute approximate surface area is 124 Å². The molecule has 1 N–H and O–H groups in total. The van der Waals surface area contributed by atoms with Gasteiger partial charge >= 0.3 is 0 Å².